The predicted octanol–water partition coefficient (Wildman–Crippen LogP) is 2.67. The fourth-order valence-electron chi connectivity index (χ4n) is 8.42. The van der Waals surface area contributed by atoms with E-state index >= 15 is 0 Å². The monoisotopic (exact) mass is 505 g/mol. The van der Waals surface area contributed by atoms with Crippen LogP contribution in [0.1, 0.15) is 68.2 Å². The molecule has 0 aromatic heterocycles. The van der Waals surface area contributed by atoms with Gasteiger partial charge in [0.25, 0.3) is 0 Å². The van der Waals surface area contributed by atoms with E-state index in [4.69, 9.17) is 14.9 Å². The normalized spacial score (nSPS) is 47.4. The highest BCUT2D eigenvalue weighted by molar-refractivity contribution is 5.91. The second-order valence-corrected chi connectivity index (χ2v) is 12.8. The Morgan fingerprint density at radius 1 is 1.22 bits per heavy atom. The Bertz CT molecular complexity index is 1010. The maximum atomic E-state index is 14.4. The minimum Gasteiger partial charge on any atom is -0.456 e. The molecule has 1 heterocycles. The van der Waals surface area contributed by atoms with Crippen LogP contribution in [0.25, 0.3) is 0 Å². The molecular formula is C28H43NO7. The van der Waals surface area contributed by atoms with E-state index in [1.807, 2.05) is 48.5 Å². The molecule has 2 bridgehead atoms. The number of Topliss-reactive ketones (excluding diaryl/α,β-unsaturated/α-hetero) is 1. The minimum atomic E-state index is -1.50. The summed E-state index contributed by atoms with van der Waals surface area (Å²) in [5.74, 6) is -3.24. The fourth-order valence-corrected chi connectivity index (χ4v) is 8.42. The highest BCUT2D eigenvalue weighted by Crippen LogP contribution is 2.66. The highest BCUT2D eigenvalue weighted by atomic mass is 16.6. The first-order valence-electron chi connectivity index (χ1n) is 13.2. The molecule has 0 radical (unpaired) electrons. The zero-order chi connectivity index (χ0) is 27.2. The van der Waals surface area contributed by atoms with Crippen LogP contribution in [-0.2, 0) is 19.1 Å². The lowest BCUT2D eigenvalue weighted by molar-refractivity contribution is -0.328. The van der Waals surface area contributed by atoms with Gasteiger partial charge in [0.2, 0.25) is 0 Å². The Morgan fingerprint density at radius 2 is 1.83 bits per heavy atom. The van der Waals surface area contributed by atoms with E-state index in [0.29, 0.717) is 6.42 Å². The van der Waals surface area contributed by atoms with Gasteiger partial charge < -0.3 is 30.2 Å². The first-order valence-corrected chi connectivity index (χ1v) is 13.2. The molecule has 8 heteroatoms. The van der Waals surface area contributed by atoms with Crippen LogP contribution in [0.3, 0.4) is 0 Å². The van der Waals surface area contributed by atoms with E-state index < -0.39 is 63.9 Å². The summed E-state index contributed by atoms with van der Waals surface area (Å²) < 4.78 is 11.5. The number of fused-ring (bicyclic) bond motifs is 5. The molecule has 0 spiro atoms. The van der Waals surface area contributed by atoms with Crippen LogP contribution in [0.2, 0.25) is 0 Å². The Labute approximate surface area is 213 Å². The molecule has 4 aliphatic rings. The van der Waals surface area contributed by atoms with Crippen molar-refractivity contribution in [2.24, 2.45) is 40.4 Å². The molecule has 2 saturated carbocycles. The van der Waals surface area contributed by atoms with Crippen molar-refractivity contribution in [3.8, 4) is 0 Å². The van der Waals surface area contributed by atoms with Crippen molar-refractivity contribution in [3.05, 3.63) is 11.1 Å². The molecule has 11 atom stereocenters. The van der Waals surface area contributed by atoms with Gasteiger partial charge in [0.05, 0.1) is 18.3 Å². The van der Waals surface area contributed by atoms with Crippen LogP contribution < -0.4 is 0 Å². The van der Waals surface area contributed by atoms with E-state index in [-0.39, 0.29) is 30.8 Å². The lowest BCUT2D eigenvalue weighted by Gasteiger charge is -2.68. The number of hydrogen-bond donors (Lipinski definition) is 4. The molecule has 202 valence electrons. The zero-order valence-corrected chi connectivity index (χ0v) is 22.8. The third-order valence-corrected chi connectivity index (χ3v) is 10.9. The molecule has 0 amide bonds. The molecule has 1 saturated heterocycles. The van der Waals surface area contributed by atoms with Gasteiger partial charge in [-0.15, -0.1) is 0 Å². The Morgan fingerprint density at radius 3 is 2.36 bits per heavy atom. The fraction of sp³-hybridized carbons (Fsp3) is 0.821. The number of carbonyl (C=O) groups is 2. The van der Waals surface area contributed by atoms with Crippen molar-refractivity contribution in [1.82, 2.24) is 0 Å². The molecule has 0 aromatic rings. The van der Waals surface area contributed by atoms with Gasteiger partial charge in [0, 0.05) is 41.2 Å². The van der Waals surface area contributed by atoms with Crippen LogP contribution in [0, 0.1) is 45.8 Å². The van der Waals surface area contributed by atoms with Gasteiger partial charge in [0.1, 0.15) is 17.5 Å². The summed E-state index contributed by atoms with van der Waals surface area (Å²) in [4.78, 5) is 27.2. The van der Waals surface area contributed by atoms with Gasteiger partial charge in [0.15, 0.2) is 6.10 Å². The number of carbonyl (C=O) groups excluding carboxylic acids is 2. The molecule has 36 heavy (non-hydrogen) atoms. The molecular weight excluding hydrogens is 462 g/mol. The SMILES string of the molecule is CC1=C2[C@@H](C)C(=O)[C@@]3(C)C(C(C)C(O)(CC1OC(=O)C(O)C(C)C=N)C2(C)C)C1(O)COC1C[C@@H]3C. The molecule has 8 nitrogen and oxygen atoms in total. The molecule has 8 unspecified atom stereocenters. The molecule has 4 N–H and O–H groups in total. The number of aliphatic hydroxyl groups is 3. The third-order valence-electron chi connectivity index (χ3n) is 10.9. The first kappa shape index (κ1) is 27.4. The van der Waals surface area contributed by atoms with Gasteiger partial charge >= 0.3 is 5.97 Å². The number of rotatable bonds is 4. The smallest absolute Gasteiger partial charge is 0.336 e. The maximum absolute atomic E-state index is 14.4. The molecule has 4 rings (SSSR count). The lowest BCUT2D eigenvalue weighted by Crippen LogP contribution is -2.77. The molecule has 1 aliphatic heterocycles. The summed E-state index contributed by atoms with van der Waals surface area (Å²) in [6.45, 7) is 15.1. The second-order valence-electron chi connectivity index (χ2n) is 12.8. The van der Waals surface area contributed by atoms with Crippen molar-refractivity contribution in [1.29, 1.82) is 5.41 Å². The molecule has 0 aromatic carbocycles. The largest absolute Gasteiger partial charge is 0.456 e. The van der Waals surface area contributed by atoms with Gasteiger partial charge in [-0.25, -0.2) is 4.79 Å². The van der Waals surface area contributed by atoms with E-state index in [0.717, 1.165) is 17.4 Å². The van der Waals surface area contributed by atoms with E-state index in [1.165, 1.54) is 0 Å². The van der Waals surface area contributed by atoms with Gasteiger partial charge in [-0.05, 0) is 36.3 Å². The Kier molecular flexibility index (Phi) is 6.44. The van der Waals surface area contributed by atoms with Crippen molar-refractivity contribution in [3.63, 3.8) is 0 Å². The maximum Gasteiger partial charge on any atom is 0.336 e. The summed E-state index contributed by atoms with van der Waals surface area (Å²) in [7, 11) is 0. The Balaban J connectivity index is 1.88. The van der Waals surface area contributed by atoms with Crippen molar-refractivity contribution < 1.29 is 34.4 Å². The highest BCUT2D eigenvalue weighted by Gasteiger charge is 2.73. The summed E-state index contributed by atoms with van der Waals surface area (Å²) in [5, 5.41) is 42.2. The summed E-state index contributed by atoms with van der Waals surface area (Å²) in [6.07, 6.45) is -1.07. The standard InChI is InChI=1S/C28H43NO7/c1-13(11-29)21(30)24(32)36-18-10-28(34)17(5)22-26(8,14(2)9-19-27(22,33)12-35-19)23(31)16(4)20(15(18)3)25(28,6)7/h11,13-14,16-19,21-22,29-30,33-34H,9-10,12H2,1-8H3/t13?,14-,16+,17?,18?,19?,21?,22?,26+,27?,28?/m0/s1. The van der Waals surface area contributed by atoms with Crippen LogP contribution in [0.4, 0.5) is 0 Å². The number of hydrogen-bond acceptors (Lipinski definition) is 8. The lowest BCUT2D eigenvalue weighted by atomic mass is 9.41. The van der Waals surface area contributed by atoms with Gasteiger partial charge in [-0.1, -0.05) is 48.5 Å². The van der Waals surface area contributed by atoms with Crippen LogP contribution >= 0.6 is 0 Å². The topological polar surface area (TPSA) is 137 Å². The first-order chi connectivity index (χ1) is 16.5. The number of ether oxygens (including phenoxy) is 2. The predicted molar refractivity (Wildman–Crippen MR) is 133 cm³/mol. The number of aliphatic hydroxyl groups excluding tert-OH is 1. The van der Waals surface area contributed by atoms with Crippen molar-refractivity contribution in [2.75, 3.05) is 6.61 Å². The summed E-state index contributed by atoms with van der Waals surface area (Å²) >= 11 is 0. The van der Waals surface area contributed by atoms with Gasteiger partial charge in [-0.3, -0.25) is 4.79 Å². The number of esters is 1. The van der Waals surface area contributed by atoms with E-state index in [1.54, 1.807) is 6.92 Å². The van der Waals surface area contributed by atoms with E-state index in [2.05, 4.69) is 0 Å². The summed E-state index contributed by atoms with van der Waals surface area (Å²) in [5.41, 5.74) is -2.88. The van der Waals surface area contributed by atoms with Crippen molar-refractivity contribution >= 4 is 18.0 Å². The van der Waals surface area contributed by atoms with Gasteiger partial charge in [-0.2, -0.15) is 0 Å². The number of nitrogens with one attached hydrogen (secondary N) is 1. The van der Waals surface area contributed by atoms with Crippen LogP contribution in [0.15, 0.2) is 11.1 Å². The zero-order valence-electron chi connectivity index (χ0n) is 22.8. The average Bonchev–Trinajstić information content (AvgIpc) is 2.81. The number of ketones is 1. The van der Waals surface area contributed by atoms with Crippen molar-refractivity contribution in [2.45, 2.75) is 97.7 Å². The minimum absolute atomic E-state index is 0.0274. The average molecular weight is 506 g/mol. The quantitative estimate of drug-likeness (QED) is 0.262. The Hall–Kier alpha value is -1.61. The third kappa shape index (κ3) is 3.30. The molecule has 3 fully saturated rings. The summed E-state index contributed by atoms with van der Waals surface area (Å²) in [6, 6.07) is 0. The van der Waals surface area contributed by atoms with E-state index in [9.17, 15) is 24.9 Å². The second kappa shape index (κ2) is 8.45. The van der Waals surface area contributed by atoms with Crippen LogP contribution in [0.5, 0.6) is 0 Å². The molecule has 3 aliphatic carbocycles. The van der Waals surface area contributed by atoms with Crippen LogP contribution in [-0.4, -0.2) is 69.4 Å².